The summed E-state index contributed by atoms with van der Waals surface area (Å²) in [5, 5.41) is 5.33. The van der Waals surface area contributed by atoms with Gasteiger partial charge in [-0.2, -0.15) is 0 Å². The smallest absolute Gasteiger partial charge is 0.243 e. The van der Waals surface area contributed by atoms with Crippen LogP contribution in [0.3, 0.4) is 0 Å². The second-order valence-electron chi connectivity index (χ2n) is 4.44. The van der Waals surface area contributed by atoms with Gasteiger partial charge in [-0.1, -0.05) is 6.92 Å². The van der Waals surface area contributed by atoms with Crippen molar-refractivity contribution in [2.75, 3.05) is 19.8 Å². The number of rotatable bonds is 5. The van der Waals surface area contributed by atoms with Crippen LogP contribution in [0.25, 0.3) is 0 Å². The van der Waals surface area contributed by atoms with E-state index >= 15 is 0 Å². The third-order valence-electron chi connectivity index (χ3n) is 2.79. The minimum atomic E-state index is -0.987. The monoisotopic (exact) mass is 243 g/mol. The molecule has 2 amide bonds. The molecule has 0 saturated carbocycles. The van der Waals surface area contributed by atoms with Crippen molar-refractivity contribution in [3.63, 3.8) is 0 Å². The zero-order valence-electron chi connectivity index (χ0n) is 10.4. The number of nitrogens with two attached hydrogens (primary N) is 1. The maximum absolute atomic E-state index is 11.9. The van der Waals surface area contributed by atoms with Crippen molar-refractivity contribution in [1.29, 1.82) is 0 Å². The van der Waals surface area contributed by atoms with E-state index in [-0.39, 0.29) is 18.4 Å². The molecule has 2 unspecified atom stereocenters. The van der Waals surface area contributed by atoms with Gasteiger partial charge in [0.1, 0.15) is 11.6 Å². The molecular formula is C11H21N3O3. The Morgan fingerprint density at radius 1 is 1.53 bits per heavy atom. The van der Waals surface area contributed by atoms with E-state index in [1.54, 1.807) is 6.92 Å². The third-order valence-corrected chi connectivity index (χ3v) is 2.79. The zero-order valence-corrected chi connectivity index (χ0v) is 10.4. The summed E-state index contributed by atoms with van der Waals surface area (Å²) < 4.78 is 5.10. The van der Waals surface area contributed by atoms with Crippen LogP contribution in [-0.2, 0) is 14.3 Å². The fourth-order valence-corrected chi connectivity index (χ4v) is 1.57. The number of hydrogen-bond acceptors (Lipinski definition) is 4. The fourth-order valence-electron chi connectivity index (χ4n) is 1.57. The number of carbonyl (C=O) groups is 2. The van der Waals surface area contributed by atoms with Crippen LogP contribution in [0.1, 0.15) is 26.7 Å². The number of carbonyl (C=O) groups excluding carboxylic acids is 2. The van der Waals surface area contributed by atoms with Crippen molar-refractivity contribution < 1.29 is 14.3 Å². The molecule has 0 spiro atoms. The predicted molar refractivity (Wildman–Crippen MR) is 63.3 cm³/mol. The quantitative estimate of drug-likeness (QED) is 0.585. The summed E-state index contributed by atoms with van der Waals surface area (Å²) in [4.78, 5) is 23.4. The van der Waals surface area contributed by atoms with Crippen molar-refractivity contribution in [1.82, 2.24) is 10.6 Å². The van der Waals surface area contributed by atoms with Crippen LogP contribution in [0.2, 0.25) is 0 Å². The van der Waals surface area contributed by atoms with E-state index in [0.29, 0.717) is 19.6 Å². The Balaban J connectivity index is 2.42. The van der Waals surface area contributed by atoms with Crippen LogP contribution in [0.15, 0.2) is 0 Å². The largest absolute Gasteiger partial charge is 0.379 e. The van der Waals surface area contributed by atoms with Crippen LogP contribution in [0.5, 0.6) is 0 Å². The Kier molecular flexibility index (Phi) is 4.89. The molecule has 0 aromatic heterocycles. The van der Waals surface area contributed by atoms with E-state index < -0.39 is 11.6 Å². The Bertz CT molecular complexity index is 288. The van der Waals surface area contributed by atoms with Gasteiger partial charge >= 0.3 is 0 Å². The molecule has 0 radical (unpaired) electrons. The highest BCUT2D eigenvalue weighted by Gasteiger charge is 2.39. The number of amides is 2. The molecule has 2 atom stereocenters. The van der Waals surface area contributed by atoms with Crippen LogP contribution in [0, 0.1) is 0 Å². The average molecular weight is 243 g/mol. The highest BCUT2D eigenvalue weighted by atomic mass is 16.5. The Labute approximate surface area is 101 Å². The van der Waals surface area contributed by atoms with E-state index in [0.717, 1.165) is 6.42 Å². The normalized spacial score (nSPS) is 25.4. The molecule has 98 valence electrons. The first-order valence-corrected chi connectivity index (χ1v) is 5.95. The van der Waals surface area contributed by atoms with Crippen molar-refractivity contribution >= 4 is 11.8 Å². The van der Waals surface area contributed by atoms with Gasteiger partial charge in [-0.3, -0.25) is 9.59 Å². The van der Waals surface area contributed by atoms with Crippen LogP contribution < -0.4 is 16.4 Å². The molecule has 17 heavy (non-hydrogen) atoms. The fraction of sp³-hybridized carbons (Fsp3) is 0.818. The minimum absolute atomic E-state index is 0.192. The first-order valence-electron chi connectivity index (χ1n) is 5.95. The molecule has 1 fully saturated rings. The molecule has 1 rings (SSSR count). The van der Waals surface area contributed by atoms with E-state index in [1.807, 2.05) is 6.92 Å². The lowest BCUT2D eigenvalue weighted by atomic mass is 9.99. The summed E-state index contributed by atoms with van der Waals surface area (Å²) in [5.74, 6) is -0.517. The predicted octanol–water partition coefficient (Wildman–Crippen LogP) is -0.865. The van der Waals surface area contributed by atoms with Crippen LogP contribution in [0.4, 0.5) is 0 Å². The minimum Gasteiger partial charge on any atom is -0.379 e. The Morgan fingerprint density at radius 3 is 2.76 bits per heavy atom. The second kappa shape index (κ2) is 5.97. The van der Waals surface area contributed by atoms with Gasteiger partial charge in [0.25, 0.3) is 0 Å². The molecule has 1 heterocycles. The second-order valence-corrected chi connectivity index (χ2v) is 4.44. The molecule has 1 aliphatic heterocycles. The third kappa shape index (κ3) is 3.67. The zero-order chi connectivity index (χ0) is 12.9. The van der Waals surface area contributed by atoms with Crippen molar-refractivity contribution in [2.45, 2.75) is 38.3 Å². The maximum atomic E-state index is 11.9. The lowest BCUT2D eigenvalue weighted by Crippen LogP contribution is -2.58. The number of nitrogens with one attached hydrogen (secondary N) is 2. The summed E-state index contributed by atoms with van der Waals surface area (Å²) in [7, 11) is 0. The lowest BCUT2D eigenvalue weighted by Gasteiger charge is -2.23. The van der Waals surface area contributed by atoms with E-state index in [1.165, 1.54) is 0 Å². The molecular weight excluding hydrogens is 222 g/mol. The Hall–Kier alpha value is -1.14. The molecule has 0 aliphatic carbocycles. The van der Waals surface area contributed by atoms with Gasteiger partial charge in [0.05, 0.1) is 6.61 Å². The molecule has 4 N–H and O–H groups in total. The van der Waals surface area contributed by atoms with Crippen molar-refractivity contribution in [3.8, 4) is 0 Å². The van der Waals surface area contributed by atoms with Crippen LogP contribution >= 0.6 is 0 Å². The standard InChI is InChI=1S/C11H21N3O3/c1-3-5-13-9(15)8(2)14-10(16)11(12)4-6-17-7-11/h8H,3-7,12H2,1-2H3,(H,13,15)(H,14,16). The highest BCUT2D eigenvalue weighted by Crippen LogP contribution is 2.15. The van der Waals surface area contributed by atoms with Crippen molar-refractivity contribution in [2.24, 2.45) is 5.73 Å². The van der Waals surface area contributed by atoms with Gasteiger partial charge in [-0.25, -0.2) is 0 Å². The van der Waals surface area contributed by atoms with Gasteiger partial charge in [-0.05, 0) is 19.8 Å². The van der Waals surface area contributed by atoms with Crippen molar-refractivity contribution in [3.05, 3.63) is 0 Å². The lowest BCUT2D eigenvalue weighted by molar-refractivity contribution is -0.131. The van der Waals surface area contributed by atoms with Gasteiger partial charge < -0.3 is 21.1 Å². The summed E-state index contributed by atoms with van der Waals surface area (Å²) in [6.45, 7) is 4.91. The van der Waals surface area contributed by atoms with Gasteiger partial charge in [0.15, 0.2) is 0 Å². The molecule has 0 aromatic rings. The topological polar surface area (TPSA) is 93.5 Å². The van der Waals surface area contributed by atoms with E-state index in [9.17, 15) is 9.59 Å². The maximum Gasteiger partial charge on any atom is 0.243 e. The van der Waals surface area contributed by atoms with E-state index in [2.05, 4.69) is 10.6 Å². The van der Waals surface area contributed by atoms with Gasteiger partial charge in [0.2, 0.25) is 11.8 Å². The first kappa shape index (κ1) is 13.9. The summed E-state index contributed by atoms with van der Waals surface area (Å²) >= 11 is 0. The summed E-state index contributed by atoms with van der Waals surface area (Å²) in [5.41, 5.74) is 4.90. The van der Waals surface area contributed by atoms with Gasteiger partial charge in [0, 0.05) is 13.2 Å². The first-order chi connectivity index (χ1) is 7.99. The Morgan fingerprint density at radius 2 is 2.24 bits per heavy atom. The number of ether oxygens (including phenoxy) is 1. The highest BCUT2D eigenvalue weighted by molar-refractivity contribution is 5.92. The molecule has 6 heteroatoms. The summed E-state index contributed by atoms with van der Waals surface area (Å²) in [6, 6.07) is -0.574. The van der Waals surface area contributed by atoms with E-state index in [4.69, 9.17) is 10.5 Å². The molecule has 1 saturated heterocycles. The molecule has 0 aromatic carbocycles. The molecule has 0 bridgehead atoms. The molecule has 1 aliphatic rings. The summed E-state index contributed by atoms with van der Waals surface area (Å²) in [6.07, 6.45) is 1.35. The van der Waals surface area contributed by atoms with Gasteiger partial charge in [-0.15, -0.1) is 0 Å². The van der Waals surface area contributed by atoms with Crippen LogP contribution in [-0.4, -0.2) is 43.2 Å². The molecule has 6 nitrogen and oxygen atoms in total. The SMILES string of the molecule is CCCNC(=O)C(C)NC(=O)C1(N)CCOC1. The number of hydrogen-bond donors (Lipinski definition) is 3. The average Bonchev–Trinajstić information content (AvgIpc) is 2.74.